The lowest BCUT2D eigenvalue weighted by Crippen LogP contribution is -2.49. The lowest BCUT2D eigenvalue weighted by Gasteiger charge is -2.28. The van der Waals surface area contributed by atoms with Crippen molar-refractivity contribution in [1.82, 2.24) is 5.32 Å². The highest BCUT2D eigenvalue weighted by Gasteiger charge is 2.29. The first-order valence-corrected chi connectivity index (χ1v) is 5.47. The van der Waals surface area contributed by atoms with Crippen LogP contribution in [0, 0.1) is 5.92 Å². The van der Waals surface area contributed by atoms with Crippen LogP contribution in [-0.2, 0) is 14.3 Å². The standard InChI is InChI=1S/C11H21NO3/c1-11(2,10(13)14-3)12-7-9-5-4-6-15-8-9/h9,12H,4-8H2,1-3H3. The summed E-state index contributed by atoms with van der Waals surface area (Å²) in [4.78, 5) is 11.4. The predicted octanol–water partition coefficient (Wildman–Crippen LogP) is 0.954. The van der Waals surface area contributed by atoms with E-state index in [9.17, 15) is 4.79 Å². The van der Waals surface area contributed by atoms with Gasteiger partial charge in [-0.15, -0.1) is 0 Å². The minimum atomic E-state index is -0.605. The van der Waals surface area contributed by atoms with Gasteiger partial charge in [0.25, 0.3) is 0 Å². The summed E-state index contributed by atoms with van der Waals surface area (Å²) in [5.74, 6) is 0.293. The number of hydrogen-bond acceptors (Lipinski definition) is 4. The topological polar surface area (TPSA) is 47.6 Å². The fraction of sp³-hybridized carbons (Fsp3) is 0.909. The molecule has 15 heavy (non-hydrogen) atoms. The highest BCUT2D eigenvalue weighted by atomic mass is 16.5. The molecule has 1 atom stereocenters. The largest absolute Gasteiger partial charge is 0.468 e. The number of carbonyl (C=O) groups is 1. The van der Waals surface area contributed by atoms with Gasteiger partial charge in [-0.25, -0.2) is 0 Å². The Morgan fingerprint density at radius 3 is 2.87 bits per heavy atom. The number of ether oxygens (including phenoxy) is 2. The number of hydrogen-bond donors (Lipinski definition) is 1. The van der Waals surface area contributed by atoms with Crippen molar-refractivity contribution in [2.45, 2.75) is 32.2 Å². The second-order valence-corrected chi connectivity index (χ2v) is 4.58. The van der Waals surface area contributed by atoms with E-state index in [0.29, 0.717) is 5.92 Å². The van der Waals surface area contributed by atoms with Crippen LogP contribution in [0.15, 0.2) is 0 Å². The molecular formula is C11H21NO3. The second-order valence-electron chi connectivity index (χ2n) is 4.58. The molecule has 0 bridgehead atoms. The molecule has 1 saturated heterocycles. The van der Waals surface area contributed by atoms with Gasteiger partial charge in [0.15, 0.2) is 0 Å². The van der Waals surface area contributed by atoms with Crippen molar-refractivity contribution in [1.29, 1.82) is 0 Å². The minimum absolute atomic E-state index is 0.223. The van der Waals surface area contributed by atoms with Crippen molar-refractivity contribution < 1.29 is 14.3 Å². The van der Waals surface area contributed by atoms with Gasteiger partial charge in [-0.05, 0) is 32.6 Å². The summed E-state index contributed by atoms with van der Waals surface area (Å²) in [6, 6.07) is 0. The Kier molecular flexibility index (Phi) is 4.54. The first-order valence-electron chi connectivity index (χ1n) is 5.47. The molecule has 0 amide bonds. The molecule has 1 N–H and O–H groups in total. The van der Waals surface area contributed by atoms with Gasteiger partial charge in [-0.3, -0.25) is 4.79 Å². The number of rotatable bonds is 4. The van der Waals surface area contributed by atoms with Gasteiger partial charge in [0.05, 0.1) is 13.7 Å². The van der Waals surface area contributed by atoms with Crippen molar-refractivity contribution in [2.24, 2.45) is 5.92 Å². The molecule has 4 heteroatoms. The monoisotopic (exact) mass is 215 g/mol. The summed E-state index contributed by atoms with van der Waals surface area (Å²) in [6.45, 7) is 6.15. The highest BCUT2D eigenvalue weighted by Crippen LogP contribution is 2.14. The van der Waals surface area contributed by atoms with E-state index in [-0.39, 0.29) is 5.97 Å². The fourth-order valence-electron chi connectivity index (χ4n) is 1.70. The number of nitrogens with one attached hydrogen (secondary N) is 1. The Morgan fingerprint density at radius 1 is 1.60 bits per heavy atom. The second kappa shape index (κ2) is 5.47. The zero-order chi connectivity index (χ0) is 11.3. The molecule has 0 spiro atoms. The Labute approximate surface area is 91.3 Å². The normalized spacial score (nSPS) is 22.5. The molecular weight excluding hydrogens is 194 g/mol. The molecule has 1 aliphatic rings. The van der Waals surface area contributed by atoms with Crippen LogP contribution in [0.5, 0.6) is 0 Å². The van der Waals surface area contributed by atoms with E-state index in [2.05, 4.69) is 5.32 Å². The Morgan fingerprint density at radius 2 is 2.33 bits per heavy atom. The van der Waals surface area contributed by atoms with Crippen LogP contribution in [0.3, 0.4) is 0 Å². The quantitative estimate of drug-likeness (QED) is 0.709. The van der Waals surface area contributed by atoms with Crippen molar-refractivity contribution in [2.75, 3.05) is 26.9 Å². The van der Waals surface area contributed by atoms with Gasteiger partial charge in [-0.1, -0.05) is 0 Å². The average molecular weight is 215 g/mol. The van der Waals surface area contributed by atoms with E-state index in [1.807, 2.05) is 13.8 Å². The molecule has 88 valence electrons. The summed E-state index contributed by atoms with van der Waals surface area (Å²) in [5.41, 5.74) is -0.605. The zero-order valence-electron chi connectivity index (χ0n) is 9.84. The molecule has 0 aromatic heterocycles. The molecule has 1 rings (SSSR count). The maximum Gasteiger partial charge on any atom is 0.325 e. The highest BCUT2D eigenvalue weighted by molar-refractivity contribution is 5.79. The molecule has 0 saturated carbocycles. The zero-order valence-corrected chi connectivity index (χ0v) is 9.84. The first kappa shape index (κ1) is 12.5. The predicted molar refractivity (Wildman–Crippen MR) is 57.6 cm³/mol. The summed E-state index contributed by atoms with van der Waals surface area (Å²) in [6.07, 6.45) is 2.29. The third kappa shape index (κ3) is 3.80. The summed E-state index contributed by atoms with van der Waals surface area (Å²) in [7, 11) is 1.41. The average Bonchev–Trinajstić information content (AvgIpc) is 2.27. The number of carbonyl (C=O) groups excluding carboxylic acids is 1. The summed E-state index contributed by atoms with van der Waals surface area (Å²) >= 11 is 0. The van der Waals surface area contributed by atoms with Gasteiger partial charge in [-0.2, -0.15) is 0 Å². The maximum atomic E-state index is 11.4. The van der Waals surface area contributed by atoms with Crippen LogP contribution >= 0.6 is 0 Å². The molecule has 1 fully saturated rings. The van der Waals surface area contributed by atoms with Crippen molar-refractivity contribution >= 4 is 5.97 Å². The molecule has 0 aromatic rings. The van der Waals surface area contributed by atoms with E-state index in [0.717, 1.165) is 26.2 Å². The van der Waals surface area contributed by atoms with Crippen molar-refractivity contribution in [3.05, 3.63) is 0 Å². The lowest BCUT2D eigenvalue weighted by atomic mass is 9.99. The number of methoxy groups -OCH3 is 1. The van der Waals surface area contributed by atoms with E-state index in [1.54, 1.807) is 0 Å². The molecule has 4 nitrogen and oxygen atoms in total. The molecule has 1 aliphatic heterocycles. The van der Waals surface area contributed by atoms with Gasteiger partial charge in [0.2, 0.25) is 0 Å². The first-order chi connectivity index (χ1) is 7.06. The van der Waals surface area contributed by atoms with E-state index in [1.165, 1.54) is 13.5 Å². The Hall–Kier alpha value is -0.610. The Balaban J connectivity index is 2.31. The third-order valence-electron chi connectivity index (χ3n) is 2.78. The van der Waals surface area contributed by atoms with Crippen LogP contribution < -0.4 is 5.32 Å². The lowest BCUT2D eigenvalue weighted by molar-refractivity contribution is -0.147. The van der Waals surface area contributed by atoms with Crippen LogP contribution in [-0.4, -0.2) is 38.4 Å². The smallest absolute Gasteiger partial charge is 0.325 e. The van der Waals surface area contributed by atoms with Crippen LogP contribution in [0.25, 0.3) is 0 Å². The molecule has 1 heterocycles. The maximum absolute atomic E-state index is 11.4. The summed E-state index contributed by atoms with van der Waals surface area (Å²) < 4.78 is 10.1. The minimum Gasteiger partial charge on any atom is -0.468 e. The molecule has 0 aliphatic carbocycles. The van der Waals surface area contributed by atoms with E-state index >= 15 is 0 Å². The SMILES string of the molecule is COC(=O)C(C)(C)NCC1CCCOC1. The van der Waals surface area contributed by atoms with Crippen molar-refractivity contribution in [3.8, 4) is 0 Å². The van der Waals surface area contributed by atoms with Gasteiger partial charge in [0.1, 0.15) is 5.54 Å². The molecule has 0 radical (unpaired) electrons. The van der Waals surface area contributed by atoms with Crippen LogP contribution in [0.1, 0.15) is 26.7 Å². The third-order valence-corrected chi connectivity index (χ3v) is 2.78. The van der Waals surface area contributed by atoms with E-state index in [4.69, 9.17) is 9.47 Å². The van der Waals surface area contributed by atoms with Crippen LogP contribution in [0.4, 0.5) is 0 Å². The van der Waals surface area contributed by atoms with Gasteiger partial charge < -0.3 is 14.8 Å². The van der Waals surface area contributed by atoms with Gasteiger partial charge >= 0.3 is 5.97 Å². The van der Waals surface area contributed by atoms with Crippen molar-refractivity contribution in [3.63, 3.8) is 0 Å². The fourth-order valence-corrected chi connectivity index (χ4v) is 1.70. The summed E-state index contributed by atoms with van der Waals surface area (Å²) in [5, 5.41) is 3.22. The van der Waals surface area contributed by atoms with Gasteiger partial charge in [0, 0.05) is 13.2 Å². The number of esters is 1. The molecule has 0 aromatic carbocycles. The molecule has 1 unspecified atom stereocenters. The van der Waals surface area contributed by atoms with E-state index < -0.39 is 5.54 Å². The van der Waals surface area contributed by atoms with Crippen LogP contribution in [0.2, 0.25) is 0 Å². The Bertz CT molecular complexity index is 210.